The average Bonchev–Trinajstić information content (AvgIpc) is 3.63. The normalized spacial score (nSPS) is 17.1. The molecule has 49 heavy (non-hydrogen) atoms. The second-order valence-electron chi connectivity index (χ2n) is 14.2. The molecular formula is C36H46N8O5. The summed E-state index contributed by atoms with van der Waals surface area (Å²) < 4.78 is 14.7. The van der Waals surface area contributed by atoms with E-state index in [4.69, 9.17) is 9.47 Å². The topological polar surface area (TPSA) is 127 Å². The zero-order valence-electron chi connectivity index (χ0n) is 29.5. The molecule has 3 aliphatic rings. The van der Waals surface area contributed by atoms with E-state index in [0.717, 1.165) is 31.7 Å². The number of esters is 1. The van der Waals surface area contributed by atoms with Gasteiger partial charge in [-0.15, -0.1) is 0 Å². The number of fused-ring (bicyclic) bond motifs is 3. The van der Waals surface area contributed by atoms with E-state index < -0.39 is 5.97 Å². The number of ether oxygens (including phenoxy) is 2. The van der Waals surface area contributed by atoms with Crippen LogP contribution in [-0.2, 0) is 58.6 Å². The molecule has 0 aromatic carbocycles. The third-order valence-corrected chi connectivity index (χ3v) is 9.63. The highest BCUT2D eigenvalue weighted by atomic mass is 16.5. The molecular weight excluding hydrogens is 624 g/mol. The number of nitrogens with one attached hydrogen (secondary N) is 1. The lowest BCUT2D eigenvalue weighted by atomic mass is 9.90. The van der Waals surface area contributed by atoms with E-state index in [0.29, 0.717) is 59.7 Å². The second kappa shape index (κ2) is 13.3. The Balaban J connectivity index is 1.20. The molecule has 0 spiro atoms. The summed E-state index contributed by atoms with van der Waals surface area (Å²) in [5.41, 5.74) is 6.47. The number of carbonyl (C=O) groups excluding carboxylic acids is 3. The van der Waals surface area contributed by atoms with Gasteiger partial charge in [0.2, 0.25) is 0 Å². The van der Waals surface area contributed by atoms with Crippen LogP contribution < -0.4 is 10.2 Å². The van der Waals surface area contributed by atoms with E-state index >= 15 is 0 Å². The van der Waals surface area contributed by atoms with E-state index in [1.807, 2.05) is 26.1 Å². The number of aryl methyl sites for hydroxylation is 1. The van der Waals surface area contributed by atoms with Crippen LogP contribution in [0.5, 0.6) is 0 Å². The Labute approximate surface area is 287 Å². The van der Waals surface area contributed by atoms with Crippen molar-refractivity contribution in [2.45, 2.75) is 66.3 Å². The van der Waals surface area contributed by atoms with Crippen molar-refractivity contribution in [3.8, 4) is 0 Å². The molecule has 1 saturated heterocycles. The highest BCUT2D eigenvalue weighted by Crippen LogP contribution is 2.40. The van der Waals surface area contributed by atoms with E-state index in [2.05, 4.69) is 52.3 Å². The lowest BCUT2D eigenvalue weighted by molar-refractivity contribution is -0.142. The van der Waals surface area contributed by atoms with E-state index in [1.54, 1.807) is 35.1 Å². The molecule has 0 radical (unpaired) electrons. The molecule has 3 aromatic rings. The van der Waals surface area contributed by atoms with E-state index in [-0.39, 0.29) is 29.5 Å². The Hall–Kier alpha value is -4.75. The standard InChI is InChI=1S/C36H46N8O5/c1-22(17-41(7)34(46)23(2)38-32-14-26(42(8)39-32)18-40(6)27-19-48-20-27)28-9-10-37-33(29(28)21-49-24(3)45)44-12-11-43-30(35(44)47)13-25-15-36(4,5)16-31(25)43/h9-10,13-14,17,27H,2,11-12,15-16,18-21H2,1,3-8H3,(H,38,39)/b22-17+. The van der Waals surface area contributed by atoms with Gasteiger partial charge in [0.05, 0.1) is 30.6 Å². The molecule has 13 nitrogen and oxygen atoms in total. The second-order valence-corrected chi connectivity index (χ2v) is 14.2. The van der Waals surface area contributed by atoms with Crippen molar-refractivity contribution in [2.75, 3.05) is 44.1 Å². The quantitative estimate of drug-likeness (QED) is 0.240. The molecule has 13 heteroatoms. The first-order valence-electron chi connectivity index (χ1n) is 16.6. The van der Waals surface area contributed by atoms with Crippen LogP contribution in [0.4, 0.5) is 11.6 Å². The maximum atomic E-state index is 13.9. The average molecular weight is 671 g/mol. The molecule has 260 valence electrons. The summed E-state index contributed by atoms with van der Waals surface area (Å²) in [7, 11) is 5.57. The molecule has 5 heterocycles. The van der Waals surface area contributed by atoms with Gasteiger partial charge in [0.15, 0.2) is 5.82 Å². The Morgan fingerprint density at radius 1 is 1.18 bits per heavy atom. The molecule has 0 unspecified atom stereocenters. The molecule has 1 N–H and O–H groups in total. The lowest BCUT2D eigenvalue weighted by Gasteiger charge is -2.34. The largest absolute Gasteiger partial charge is 0.461 e. The summed E-state index contributed by atoms with van der Waals surface area (Å²) >= 11 is 0. The number of nitrogens with zero attached hydrogens (tertiary/aromatic N) is 7. The van der Waals surface area contributed by atoms with Crippen molar-refractivity contribution >= 4 is 35.0 Å². The number of pyridine rings is 1. The van der Waals surface area contributed by atoms with E-state index in [1.165, 1.54) is 23.1 Å². The van der Waals surface area contributed by atoms with Crippen LogP contribution in [0.25, 0.3) is 5.57 Å². The lowest BCUT2D eigenvalue weighted by Crippen LogP contribution is -2.46. The zero-order valence-corrected chi connectivity index (χ0v) is 29.5. The van der Waals surface area contributed by atoms with Gasteiger partial charge in [-0.2, -0.15) is 5.10 Å². The van der Waals surface area contributed by atoms with E-state index in [9.17, 15) is 14.4 Å². The van der Waals surface area contributed by atoms with Crippen LogP contribution in [0.2, 0.25) is 0 Å². The van der Waals surface area contributed by atoms with Gasteiger partial charge in [-0.3, -0.25) is 28.9 Å². The highest BCUT2D eigenvalue weighted by Gasteiger charge is 2.37. The first kappa shape index (κ1) is 34.1. The Morgan fingerprint density at radius 3 is 2.63 bits per heavy atom. The van der Waals surface area contributed by atoms with Crippen molar-refractivity contribution in [1.29, 1.82) is 0 Å². The van der Waals surface area contributed by atoms with Gasteiger partial charge >= 0.3 is 5.97 Å². The minimum Gasteiger partial charge on any atom is -0.461 e. The summed E-state index contributed by atoms with van der Waals surface area (Å²) in [5.74, 6) is 0.0262. The molecule has 0 saturated carbocycles. The molecule has 0 atom stereocenters. The van der Waals surface area contributed by atoms with Crippen molar-refractivity contribution in [3.63, 3.8) is 0 Å². The van der Waals surface area contributed by atoms with Crippen molar-refractivity contribution in [1.82, 2.24) is 29.1 Å². The van der Waals surface area contributed by atoms with Gasteiger partial charge in [0.25, 0.3) is 11.8 Å². The maximum absolute atomic E-state index is 13.9. The first-order chi connectivity index (χ1) is 23.2. The molecule has 6 rings (SSSR count). The molecule has 3 aromatic heterocycles. The molecule has 2 aliphatic heterocycles. The molecule has 1 aliphatic carbocycles. The number of allylic oxidation sites excluding steroid dienone is 1. The molecule has 1 fully saturated rings. The van der Waals surface area contributed by atoms with Crippen LogP contribution in [0, 0.1) is 5.41 Å². The number of hydrogen-bond acceptors (Lipinski definition) is 9. The van der Waals surface area contributed by atoms with Gasteiger partial charge in [-0.1, -0.05) is 20.4 Å². The fourth-order valence-corrected chi connectivity index (χ4v) is 6.93. The number of likely N-dealkylation sites (N-methyl/N-ethyl adjacent to an activating group) is 2. The van der Waals surface area contributed by atoms with Gasteiger partial charge in [0, 0.05) is 70.4 Å². The summed E-state index contributed by atoms with van der Waals surface area (Å²) in [6, 6.07) is 6.12. The van der Waals surface area contributed by atoms with Crippen LogP contribution in [0.3, 0.4) is 0 Å². The molecule has 2 amide bonds. The zero-order chi connectivity index (χ0) is 35.2. The Kier molecular flexibility index (Phi) is 9.25. The maximum Gasteiger partial charge on any atom is 0.302 e. The first-order valence-corrected chi connectivity index (χ1v) is 16.6. The van der Waals surface area contributed by atoms with Gasteiger partial charge in [-0.05, 0) is 61.1 Å². The number of rotatable bonds is 11. The summed E-state index contributed by atoms with van der Waals surface area (Å²) in [4.78, 5) is 49.2. The minimum absolute atomic E-state index is 0.0780. The SMILES string of the molecule is C=C(Nc1cc(CN(C)C2COC2)n(C)n1)C(=O)N(C)/C=C(\C)c1ccnc(N2CCn3c(cc4c3CC(C)(C)C4)C2=O)c1COC(C)=O. The van der Waals surface area contributed by atoms with Crippen LogP contribution in [-0.4, -0.2) is 86.8 Å². The third-order valence-electron chi connectivity index (χ3n) is 9.63. The highest BCUT2D eigenvalue weighted by molar-refractivity contribution is 6.06. The van der Waals surface area contributed by atoms with Crippen molar-refractivity contribution in [3.05, 3.63) is 76.6 Å². The van der Waals surface area contributed by atoms with Crippen LogP contribution >= 0.6 is 0 Å². The fourth-order valence-electron chi connectivity index (χ4n) is 6.93. The fraction of sp³-hybridized carbons (Fsp3) is 0.472. The number of aromatic nitrogens is 4. The van der Waals surface area contributed by atoms with Gasteiger partial charge in [-0.25, -0.2) is 4.98 Å². The number of anilines is 2. The van der Waals surface area contributed by atoms with Gasteiger partial charge in [0.1, 0.15) is 18.1 Å². The van der Waals surface area contributed by atoms with Gasteiger partial charge < -0.3 is 24.3 Å². The Morgan fingerprint density at radius 2 is 1.94 bits per heavy atom. The monoisotopic (exact) mass is 670 g/mol. The van der Waals surface area contributed by atoms with Crippen molar-refractivity contribution < 1.29 is 23.9 Å². The number of carbonyl (C=O) groups is 3. The predicted octanol–water partition coefficient (Wildman–Crippen LogP) is 3.74. The minimum atomic E-state index is -0.448. The van der Waals surface area contributed by atoms with Crippen molar-refractivity contribution in [2.24, 2.45) is 12.5 Å². The predicted molar refractivity (Wildman–Crippen MR) is 185 cm³/mol. The summed E-state index contributed by atoms with van der Waals surface area (Å²) in [6.07, 6.45) is 5.21. The number of hydrogen-bond donors (Lipinski definition) is 1. The third kappa shape index (κ3) is 6.90. The smallest absolute Gasteiger partial charge is 0.302 e. The van der Waals surface area contributed by atoms with Crippen LogP contribution in [0.1, 0.15) is 66.3 Å². The summed E-state index contributed by atoms with van der Waals surface area (Å²) in [5, 5.41) is 7.57. The van der Waals surface area contributed by atoms with Crippen LogP contribution in [0.15, 0.2) is 42.9 Å². The number of amides is 2. The Bertz CT molecular complexity index is 1850. The molecule has 0 bridgehead atoms. The summed E-state index contributed by atoms with van der Waals surface area (Å²) in [6.45, 7) is 14.8.